The third kappa shape index (κ3) is 4.05. The molecule has 0 aromatic carbocycles. The zero-order valence-corrected chi connectivity index (χ0v) is 11.8. The van der Waals surface area contributed by atoms with Gasteiger partial charge in [0.1, 0.15) is 6.04 Å². The van der Waals surface area contributed by atoms with Crippen LogP contribution in [0.3, 0.4) is 0 Å². The van der Waals surface area contributed by atoms with Gasteiger partial charge in [0, 0.05) is 0 Å². The van der Waals surface area contributed by atoms with E-state index in [2.05, 4.69) is 31.4 Å². The number of carbonyl (C=O) groups excluding carboxylic acids is 1. The number of anilines is 1. The van der Waals surface area contributed by atoms with Gasteiger partial charge in [0.05, 0.1) is 7.11 Å². The maximum absolute atomic E-state index is 11.5. The lowest BCUT2D eigenvalue weighted by molar-refractivity contribution is -0.141. The molecule has 1 rings (SSSR count). The Morgan fingerprint density at radius 2 is 2.25 bits per heavy atom. The molecule has 1 unspecified atom stereocenters. The maximum Gasteiger partial charge on any atom is 0.328 e. The quantitative estimate of drug-likeness (QED) is 0.846. The van der Waals surface area contributed by atoms with E-state index in [0.717, 1.165) is 0 Å². The van der Waals surface area contributed by atoms with Gasteiger partial charge in [-0.3, -0.25) is 0 Å². The molecule has 1 aromatic rings. The van der Waals surface area contributed by atoms with Gasteiger partial charge in [-0.1, -0.05) is 25.2 Å². The highest BCUT2D eigenvalue weighted by Gasteiger charge is 2.21. The van der Waals surface area contributed by atoms with Crippen molar-refractivity contribution in [3.05, 3.63) is 3.92 Å². The minimum absolute atomic E-state index is 0.278. The molecular weight excluding hydrogens is 294 g/mol. The largest absolute Gasteiger partial charge is 0.467 e. The number of rotatable bonds is 5. The molecule has 0 aliphatic carbocycles. The lowest BCUT2D eigenvalue weighted by Crippen LogP contribution is -2.32. The Labute approximate surface area is 107 Å². The first kappa shape index (κ1) is 13.4. The second-order valence-electron chi connectivity index (χ2n) is 3.71. The summed E-state index contributed by atoms with van der Waals surface area (Å²) in [4.78, 5) is 11.5. The van der Waals surface area contributed by atoms with Crippen molar-refractivity contribution in [1.82, 2.24) is 10.2 Å². The molecule has 1 aromatic heterocycles. The van der Waals surface area contributed by atoms with E-state index >= 15 is 0 Å². The molecule has 0 aliphatic rings. The van der Waals surface area contributed by atoms with Crippen molar-refractivity contribution in [3.8, 4) is 0 Å². The van der Waals surface area contributed by atoms with E-state index in [9.17, 15) is 4.79 Å². The van der Waals surface area contributed by atoms with Crippen LogP contribution in [0.4, 0.5) is 5.13 Å². The van der Waals surface area contributed by atoms with Gasteiger partial charge in [0.15, 0.2) is 3.92 Å². The minimum Gasteiger partial charge on any atom is -0.467 e. The van der Waals surface area contributed by atoms with Gasteiger partial charge in [-0.15, -0.1) is 10.2 Å². The molecule has 5 nitrogen and oxygen atoms in total. The molecule has 16 heavy (non-hydrogen) atoms. The van der Waals surface area contributed by atoms with E-state index in [0.29, 0.717) is 21.4 Å². The Bertz CT molecular complexity index is 356. The molecule has 0 fully saturated rings. The first-order valence-electron chi connectivity index (χ1n) is 4.86. The predicted octanol–water partition coefficient (Wildman–Crippen LogP) is 2.30. The maximum atomic E-state index is 11.5. The van der Waals surface area contributed by atoms with Crippen molar-refractivity contribution in [2.75, 3.05) is 12.4 Å². The van der Waals surface area contributed by atoms with Crippen LogP contribution in [0.25, 0.3) is 0 Å². The Kier molecular flexibility index (Phi) is 5.14. The number of halogens is 1. The van der Waals surface area contributed by atoms with Gasteiger partial charge in [-0.25, -0.2) is 4.79 Å². The molecule has 0 aliphatic heterocycles. The Morgan fingerprint density at radius 3 is 2.69 bits per heavy atom. The first-order valence-corrected chi connectivity index (χ1v) is 6.47. The van der Waals surface area contributed by atoms with Crippen LogP contribution in [0.15, 0.2) is 3.92 Å². The lowest BCUT2D eigenvalue weighted by Gasteiger charge is -2.17. The van der Waals surface area contributed by atoms with Crippen molar-refractivity contribution in [2.24, 2.45) is 5.92 Å². The summed E-state index contributed by atoms with van der Waals surface area (Å²) in [5, 5.41) is 11.3. The van der Waals surface area contributed by atoms with Crippen molar-refractivity contribution in [1.29, 1.82) is 0 Å². The standard InChI is InChI=1S/C9H14BrN3O2S/c1-5(2)4-6(7(14)15-3)11-9-13-12-8(10)16-9/h5-6H,4H2,1-3H3,(H,11,13). The molecule has 0 saturated carbocycles. The summed E-state index contributed by atoms with van der Waals surface area (Å²) in [5.41, 5.74) is 0. The van der Waals surface area contributed by atoms with E-state index < -0.39 is 0 Å². The van der Waals surface area contributed by atoms with Crippen LogP contribution in [0.2, 0.25) is 0 Å². The molecule has 1 heterocycles. The van der Waals surface area contributed by atoms with Gasteiger partial charge in [-0.05, 0) is 28.3 Å². The first-order chi connectivity index (χ1) is 7.52. The summed E-state index contributed by atoms with van der Waals surface area (Å²) < 4.78 is 5.42. The summed E-state index contributed by atoms with van der Waals surface area (Å²) in [6.07, 6.45) is 0.698. The molecule has 0 bridgehead atoms. The summed E-state index contributed by atoms with van der Waals surface area (Å²) in [6.45, 7) is 4.10. The number of ether oxygens (including phenoxy) is 1. The second-order valence-corrected chi connectivity index (χ2v) is 5.96. The number of aromatic nitrogens is 2. The van der Waals surface area contributed by atoms with Gasteiger partial charge >= 0.3 is 5.97 Å². The van der Waals surface area contributed by atoms with E-state index in [-0.39, 0.29) is 12.0 Å². The van der Waals surface area contributed by atoms with Gasteiger partial charge < -0.3 is 10.1 Å². The SMILES string of the molecule is COC(=O)C(CC(C)C)Nc1nnc(Br)s1. The van der Waals surface area contributed by atoms with Gasteiger partial charge in [0.25, 0.3) is 0 Å². The average Bonchev–Trinajstić information content (AvgIpc) is 2.61. The molecule has 1 N–H and O–H groups in total. The highest BCUT2D eigenvalue weighted by molar-refractivity contribution is 9.11. The molecule has 0 spiro atoms. The molecule has 90 valence electrons. The fraction of sp³-hybridized carbons (Fsp3) is 0.667. The van der Waals surface area contributed by atoms with Gasteiger partial charge in [-0.2, -0.15) is 0 Å². The molecule has 0 radical (unpaired) electrons. The zero-order valence-electron chi connectivity index (χ0n) is 9.36. The number of hydrogen-bond donors (Lipinski definition) is 1. The van der Waals surface area contributed by atoms with Crippen LogP contribution >= 0.6 is 27.3 Å². The summed E-state index contributed by atoms with van der Waals surface area (Å²) in [6, 6.07) is -0.371. The van der Waals surface area contributed by atoms with Gasteiger partial charge in [0.2, 0.25) is 5.13 Å². The smallest absolute Gasteiger partial charge is 0.328 e. The Hall–Kier alpha value is -0.690. The highest BCUT2D eigenvalue weighted by Crippen LogP contribution is 2.22. The lowest BCUT2D eigenvalue weighted by atomic mass is 10.0. The summed E-state index contributed by atoms with van der Waals surface area (Å²) in [7, 11) is 1.38. The third-order valence-electron chi connectivity index (χ3n) is 1.89. The van der Waals surface area contributed by atoms with Crippen molar-refractivity contribution in [2.45, 2.75) is 26.3 Å². The van der Waals surface area contributed by atoms with Crippen molar-refractivity contribution in [3.63, 3.8) is 0 Å². The minimum atomic E-state index is -0.371. The van der Waals surface area contributed by atoms with Crippen LogP contribution < -0.4 is 5.32 Å². The van der Waals surface area contributed by atoms with Crippen LogP contribution in [-0.4, -0.2) is 29.3 Å². The Morgan fingerprint density at radius 1 is 1.56 bits per heavy atom. The molecule has 1 atom stereocenters. The third-order valence-corrected chi connectivity index (χ3v) is 3.18. The molecular formula is C9H14BrN3O2S. The summed E-state index contributed by atoms with van der Waals surface area (Å²) in [5.74, 6) is 0.119. The van der Waals surface area contributed by atoms with E-state index in [1.165, 1.54) is 18.4 Å². The number of esters is 1. The molecule has 0 saturated heterocycles. The average molecular weight is 308 g/mol. The van der Waals surface area contributed by atoms with E-state index in [1.54, 1.807) is 0 Å². The van der Waals surface area contributed by atoms with Crippen LogP contribution in [-0.2, 0) is 9.53 Å². The van der Waals surface area contributed by atoms with Crippen molar-refractivity contribution < 1.29 is 9.53 Å². The fourth-order valence-electron chi connectivity index (χ4n) is 1.24. The highest BCUT2D eigenvalue weighted by atomic mass is 79.9. The van der Waals surface area contributed by atoms with E-state index in [1.807, 2.05) is 13.8 Å². The summed E-state index contributed by atoms with van der Waals surface area (Å²) >= 11 is 4.56. The van der Waals surface area contributed by atoms with Crippen LogP contribution in [0.1, 0.15) is 20.3 Å². The monoisotopic (exact) mass is 307 g/mol. The second kappa shape index (κ2) is 6.15. The number of methoxy groups -OCH3 is 1. The number of nitrogens with one attached hydrogen (secondary N) is 1. The van der Waals surface area contributed by atoms with E-state index in [4.69, 9.17) is 4.74 Å². The molecule has 7 heteroatoms. The topological polar surface area (TPSA) is 64.1 Å². The van der Waals surface area contributed by atoms with Crippen LogP contribution in [0, 0.1) is 5.92 Å². The van der Waals surface area contributed by atoms with Crippen LogP contribution in [0.5, 0.6) is 0 Å². The normalized spacial score (nSPS) is 12.6. The number of carbonyl (C=O) groups is 1. The molecule has 0 amide bonds. The van der Waals surface area contributed by atoms with Crippen molar-refractivity contribution >= 4 is 38.4 Å². The Balaban J connectivity index is 2.66. The number of nitrogens with zero attached hydrogens (tertiary/aromatic N) is 2. The number of hydrogen-bond acceptors (Lipinski definition) is 6. The predicted molar refractivity (Wildman–Crippen MR) is 66.5 cm³/mol. The zero-order chi connectivity index (χ0) is 12.1. The fourth-order valence-corrected chi connectivity index (χ4v) is 2.30.